The minimum atomic E-state index is -0.308. The van der Waals surface area contributed by atoms with Crippen LogP contribution in [0, 0.1) is 0 Å². The number of hydrogen-bond acceptors (Lipinski definition) is 5. The van der Waals surface area contributed by atoms with Gasteiger partial charge in [-0.05, 0) is 24.3 Å². The van der Waals surface area contributed by atoms with Gasteiger partial charge in [0, 0.05) is 44.3 Å². The maximum Gasteiger partial charge on any atom is 0.258 e. The van der Waals surface area contributed by atoms with E-state index >= 15 is 0 Å². The van der Waals surface area contributed by atoms with Gasteiger partial charge in [0.05, 0.1) is 6.54 Å². The van der Waals surface area contributed by atoms with Crippen molar-refractivity contribution in [3.63, 3.8) is 0 Å². The number of carbonyl (C=O) groups is 2. The molecule has 2 amide bonds. The molecular weight excluding hydrogens is 332 g/mol. The average molecular weight is 354 g/mol. The maximum atomic E-state index is 12.3. The molecular formula is C19H22N4O3. The minimum absolute atomic E-state index is 0.00770. The Kier molecular flexibility index (Phi) is 6.03. The highest BCUT2D eigenvalue weighted by Crippen LogP contribution is 2.14. The number of aromatic nitrogens is 1. The molecule has 136 valence electrons. The van der Waals surface area contributed by atoms with Crippen molar-refractivity contribution in [2.45, 2.75) is 0 Å². The summed E-state index contributed by atoms with van der Waals surface area (Å²) in [4.78, 5) is 32.1. The Balaban J connectivity index is 1.37. The molecule has 0 unspecified atom stereocenters. The van der Waals surface area contributed by atoms with E-state index in [1.54, 1.807) is 29.4 Å². The zero-order valence-corrected chi connectivity index (χ0v) is 14.5. The molecule has 2 heterocycles. The summed E-state index contributed by atoms with van der Waals surface area (Å²) in [7, 11) is 0. The minimum Gasteiger partial charge on any atom is -0.484 e. The van der Waals surface area contributed by atoms with E-state index in [0.29, 0.717) is 18.8 Å². The SMILES string of the molecule is O=C(COc1ccccc1)NCC(=O)N1CCN(c2ccncc2)CC1. The van der Waals surface area contributed by atoms with E-state index in [0.717, 1.165) is 18.8 Å². The van der Waals surface area contributed by atoms with Gasteiger partial charge in [0.1, 0.15) is 5.75 Å². The highest BCUT2D eigenvalue weighted by molar-refractivity contribution is 5.85. The Bertz CT molecular complexity index is 716. The largest absolute Gasteiger partial charge is 0.484 e. The first-order valence-corrected chi connectivity index (χ1v) is 8.59. The summed E-state index contributed by atoms with van der Waals surface area (Å²) in [5, 5.41) is 2.62. The lowest BCUT2D eigenvalue weighted by Crippen LogP contribution is -2.51. The van der Waals surface area contributed by atoms with Gasteiger partial charge in [0.2, 0.25) is 5.91 Å². The van der Waals surface area contributed by atoms with Crippen molar-refractivity contribution in [1.82, 2.24) is 15.2 Å². The van der Waals surface area contributed by atoms with Crippen LogP contribution in [-0.4, -0.2) is 61.0 Å². The topological polar surface area (TPSA) is 74.8 Å². The van der Waals surface area contributed by atoms with Crippen LogP contribution in [0.1, 0.15) is 0 Å². The molecule has 1 aromatic carbocycles. The molecule has 7 nitrogen and oxygen atoms in total. The fourth-order valence-corrected chi connectivity index (χ4v) is 2.77. The number of benzene rings is 1. The molecule has 3 rings (SSSR count). The van der Waals surface area contributed by atoms with Crippen molar-refractivity contribution in [1.29, 1.82) is 0 Å². The predicted octanol–water partition coefficient (Wildman–Crippen LogP) is 0.925. The van der Waals surface area contributed by atoms with E-state index in [9.17, 15) is 9.59 Å². The molecule has 26 heavy (non-hydrogen) atoms. The first kappa shape index (κ1) is 17.7. The Labute approximate surface area is 152 Å². The second kappa shape index (κ2) is 8.84. The van der Waals surface area contributed by atoms with E-state index in [1.165, 1.54) is 0 Å². The number of nitrogens with zero attached hydrogens (tertiary/aromatic N) is 3. The quantitative estimate of drug-likeness (QED) is 0.835. The summed E-state index contributed by atoms with van der Waals surface area (Å²) in [6.07, 6.45) is 3.53. The van der Waals surface area contributed by atoms with Gasteiger partial charge in [0.25, 0.3) is 5.91 Å². The molecule has 1 fully saturated rings. The Hall–Kier alpha value is -3.09. The van der Waals surface area contributed by atoms with Crippen LogP contribution in [0.2, 0.25) is 0 Å². The molecule has 1 aliphatic rings. The van der Waals surface area contributed by atoms with E-state index in [1.807, 2.05) is 30.3 Å². The summed E-state index contributed by atoms with van der Waals surface area (Å²) in [6, 6.07) is 13.0. The van der Waals surface area contributed by atoms with Gasteiger partial charge in [-0.25, -0.2) is 0 Å². The lowest BCUT2D eigenvalue weighted by molar-refractivity contribution is -0.133. The molecule has 1 N–H and O–H groups in total. The summed E-state index contributed by atoms with van der Waals surface area (Å²) in [5.41, 5.74) is 1.11. The fraction of sp³-hybridized carbons (Fsp3) is 0.316. The van der Waals surface area contributed by atoms with Gasteiger partial charge in [-0.15, -0.1) is 0 Å². The van der Waals surface area contributed by atoms with Crippen LogP contribution in [0.5, 0.6) is 5.75 Å². The van der Waals surface area contributed by atoms with E-state index in [-0.39, 0.29) is 25.0 Å². The van der Waals surface area contributed by atoms with Gasteiger partial charge >= 0.3 is 0 Å². The molecule has 1 saturated heterocycles. The van der Waals surface area contributed by atoms with Crippen LogP contribution in [0.3, 0.4) is 0 Å². The van der Waals surface area contributed by atoms with Crippen molar-refractivity contribution in [2.75, 3.05) is 44.2 Å². The first-order valence-electron chi connectivity index (χ1n) is 8.59. The third-order valence-electron chi connectivity index (χ3n) is 4.21. The normalized spacial score (nSPS) is 14.0. The molecule has 0 bridgehead atoms. The number of rotatable bonds is 6. The lowest BCUT2D eigenvalue weighted by atomic mass is 10.2. The molecule has 0 saturated carbocycles. The number of piperazine rings is 1. The number of anilines is 1. The van der Waals surface area contributed by atoms with Crippen LogP contribution < -0.4 is 15.0 Å². The van der Waals surface area contributed by atoms with Crippen LogP contribution >= 0.6 is 0 Å². The standard InChI is InChI=1S/C19H22N4O3/c24-18(15-26-17-4-2-1-3-5-17)21-14-19(25)23-12-10-22(11-13-23)16-6-8-20-9-7-16/h1-9H,10-15H2,(H,21,24). The number of hydrogen-bond donors (Lipinski definition) is 1. The summed E-state index contributed by atoms with van der Waals surface area (Å²) < 4.78 is 5.36. The summed E-state index contributed by atoms with van der Waals surface area (Å²) >= 11 is 0. The smallest absolute Gasteiger partial charge is 0.258 e. The van der Waals surface area contributed by atoms with Gasteiger partial charge in [0.15, 0.2) is 6.61 Å². The first-order chi connectivity index (χ1) is 12.7. The second-order valence-corrected chi connectivity index (χ2v) is 5.95. The third-order valence-corrected chi connectivity index (χ3v) is 4.21. The zero-order valence-electron chi connectivity index (χ0n) is 14.5. The van der Waals surface area contributed by atoms with E-state index < -0.39 is 0 Å². The van der Waals surface area contributed by atoms with Crippen molar-refractivity contribution >= 4 is 17.5 Å². The molecule has 1 aromatic heterocycles. The molecule has 1 aliphatic heterocycles. The lowest BCUT2D eigenvalue weighted by Gasteiger charge is -2.36. The van der Waals surface area contributed by atoms with E-state index in [2.05, 4.69) is 15.2 Å². The van der Waals surface area contributed by atoms with Gasteiger partial charge in [-0.2, -0.15) is 0 Å². The van der Waals surface area contributed by atoms with Crippen LogP contribution in [-0.2, 0) is 9.59 Å². The van der Waals surface area contributed by atoms with Crippen molar-refractivity contribution < 1.29 is 14.3 Å². The van der Waals surface area contributed by atoms with Crippen molar-refractivity contribution in [2.24, 2.45) is 0 Å². The highest BCUT2D eigenvalue weighted by atomic mass is 16.5. The van der Waals surface area contributed by atoms with E-state index in [4.69, 9.17) is 4.74 Å². The second-order valence-electron chi connectivity index (χ2n) is 5.95. The van der Waals surface area contributed by atoms with Crippen LogP contribution in [0.4, 0.5) is 5.69 Å². The van der Waals surface area contributed by atoms with Crippen molar-refractivity contribution in [3.05, 3.63) is 54.9 Å². The Morgan fingerprint density at radius 2 is 1.69 bits per heavy atom. The van der Waals surface area contributed by atoms with Gasteiger partial charge in [-0.1, -0.05) is 18.2 Å². The van der Waals surface area contributed by atoms with Gasteiger partial charge < -0.3 is 19.9 Å². The molecule has 7 heteroatoms. The molecule has 0 aliphatic carbocycles. The summed E-state index contributed by atoms with van der Waals surface area (Å²) in [6.45, 7) is 2.69. The molecule has 0 radical (unpaired) electrons. The predicted molar refractivity (Wildman–Crippen MR) is 98.0 cm³/mol. The highest BCUT2D eigenvalue weighted by Gasteiger charge is 2.21. The Morgan fingerprint density at radius 1 is 1.00 bits per heavy atom. The number of para-hydroxylation sites is 1. The maximum absolute atomic E-state index is 12.3. The number of amides is 2. The summed E-state index contributed by atoms with van der Waals surface area (Å²) in [5.74, 6) is 0.242. The molecule has 2 aromatic rings. The molecule has 0 atom stereocenters. The number of ether oxygens (including phenoxy) is 1. The number of pyridine rings is 1. The van der Waals surface area contributed by atoms with Crippen LogP contribution in [0.25, 0.3) is 0 Å². The van der Waals surface area contributed by atoms with Gasteiger partial charge in [-0.3, -0.25) is 14.6 Å². The zero-order chi connectivity index (χ0) is 18.2. The molecule has 0 spiro atoms. The van der Waals surface area contributed by atoms with Crippen molar-refractivity contribution in [3.8, 4) is 5.75 Å². The fourth-order valence-electron chi connectivity index (χ4n) is 2.77. The average Bonchev–Trinajstić information content (AvgIpc) is 2.72. The number of nitrogens with one attached hydrogen (secondary N) is 1. The Morgan fingerprint density at radius 3 is 2.38 bits per heavy atom. The monoisotopic (exact) mass is 354 g/mol. The van der Waals surface area contributed by atoms with Crippen LogP contribution in [0.15, 0.2) is 54.9 Å². The number of carbonyl (C=O) groups excluding carboxylic acids is 2. The third kappa shape index (κ3) is 4.95.